The van der Waals surface area contributed by atoms with Crippen LogP contribution in [-0.4, -0.2) is 54.2 Å². The van der Waals surface area contributed by atoms with Gasteiger partial charge in [0.25, 0.3) is 5.89 Å². The Labute approximate surface area is 224 Å². The number of nitrogens with one attached hydrogen (secondary N) is 1. The highest BCUT2D eigenvalue weighted by atomic mass is 16.5. The Balaban J connectivity index is 1.24. The van der Waals surface area contributed by atoms with Crippen LogP contribution in [0.2, 0.25) is 0 Å². The molecule has 0 amide bonds. The molecule has 0 spiro atoms. The maximum atomic E-state index is 13.3. The second-order valence-corrected chi connectivity index (χ2v) is 9.48. The highest BCUT2D eigenvalue weighted by molar-refractivity contribution is 6.16. The largest absolute Gasteiger partial charge is 0.449 e. The number of benzene rings is 3. The number of anilines is 2. The summed E-state index contributed by atoms with van der Waals surface area (Å²) in [5.41, 5.74) is 5.16. The first-order valence-corrected chi connectivity index (χ1v) is 12.9. The average Bonchev–Trinajstić information content (AvgIpc) is 3.58. The number of nitrogens with zero attached hydrogens (tertiary/aromatic N) is 4. The van der Waals surface area contributed by atoms with Crippen molar-refractivity contribution in [3.63, 3.8) is 0 Å². The number of Topliss-reactive ketones (excluding diaryl/α,β-unsaturated/α-hetero) is 1. The molecule has 0 bridgehead atoms. The fourth-order valence-corrected chi connectivity index (χ4v) is 5.17. The van der Waals surface area contributed by atoms with Gasteiger partial charge >= 0.3 is 6.01 Å². The van der Waals surface area contributed by atoms with Crippen LogP contribution in [0.3, 0.4) is 0 Å². The number of aromatic nitrogens is 2. The van der Waals surface area contributed by atoms with Crippen LogP contribution in [0.15, 0.2) is 92.7 Å². The van der Waals surface area contributed by atoms with E-state index in [1.165, 1.54) is 0 Å². The van der Waals surface area contributed by atoms with Crippen LogP contribution in [-0.2, 0) is 16.0 Å². The molecule has 9 heteroatoms. The highest BCUT2D eigenvalue weighted by Crippen LogP contribution is 2.40. The summed E-state index contributed by atoms with van der Waals surface area (Å²) < 4.78 is 17.8. The predicted molar refractivity (Wildman–Crippen MR) is 147 cm³/mol. The number of fused-ring (bicyclic) bond motifs is 2. The molecule has 39 heavy (non-hydrogen) atoms. The van der Waals surface area contributed by atoms with Gasteiger partial charge in [0.1, 0.15) is 5.58 Å². The first-order valence-electron chi connectivity index (χ1n) is 12.9. The van der Waals surface area contributed by atoms with Gasteiger partial charge in [0, 0.05) is 36.0 Å². The number of ether oxygens (including phenoxy) is 1. The van der Waals surface area contributed by atoms with E-state index in [9.17, 15) is 4.79 Å². The van der Waals surface area contributed by atoms with Gasteiger partial charge in [-0.25, -0.2) is 0 Å². The van der Waals surface area contributed by atoms with Gasteiger partial charge in [-0.2, -0.15) is 0 Å². The summed E-state index contributed by atoms with van der Waals surface area (Å²) in [5.74, 6) is 0.629. The predicted octanol–water partition coefficient (Wildman–Crippen LogP) is 4.72. The number of ketones is 1. The Morgan fingerprint density at radius 3 is 2.49 bits per heavy atom. The summed E-state index contributed by atoms with van der Waals surface area (Å²) in [6, 6.07) is 25.6. The van der Waals surface area contributed by atoms with Gasteiger partial charge in [-0.1, -0.05) is 71.8 Å². The SMILES string of the molecule is O=C1Cc2ccccc2C(c2ccccc2)=N[C@@H]1Nc1nnc(-c2oc3ccccc3c2N2CCOCC2)o1. The minimum atomic E-state index is -0.893. The van der Waals surface area contributed by atoms with Gasteiger partial charge in [-0.3, -0.25) is 9.79 Å². The minimum Gasteiger partial charge on any atom is -0.449 e. The summed E-state index contributed by atoms with van der Waals surface area (Å²) in [4.78, 5) is 20.4. The number of hydrogen-bond donors (Lipinski definition) is 1. The summed E-state index contributed by atoms with van der Waals surface area (Å²) in [7, 11) is 0. The van der Waals surface area contributed by atoms with E-state index in [1.54, 1.807) is 0 Å². The topological polar surface area (TPSA) is 106 Å². The molecule has 0 radical (unpaired) electrons. The fraction of sp³-hybridized carbons (Fsp3) is 0.200. The lowest BCUT2D eigenvalue weighted by atomic mass is 9.96. The third-order valence-corrected chi connectivity index (χ3v) is 7.02. The second kappa shape index (κ2) is 9.85. The van der Waals surface area contributed by atoms with Crippen molar-refractivity contribution in [2.75, 3.05) is 36.5 Å². The summed E-state index contributed by atoms with van der Waals surface area (Å²) in [6.07, 6.45) is -0.658. The van der Waals surface area contributed by atoms with E-state index < -0.39 is 6.17 Å². The molecule has 4 heterocycles. The Hall–Kier alpha value is -4.76. The van der Waals surface area contributed by atoms with E-state index in [2.05, 4.69) is 20.4 Å². The Morgan fingerprint density at radius 2 is 1.62 bits per heavy atom. The molecular weight excluding hydrogens is 494 g/mol. The number of carbonyl (C=O) groups excluding carboxylic acids is 1. The molecule has 1 atom stereocenters. The summed E-state index contributed by atoms with van der Waals surface area (Å²) in [6.45, 7) is 2.71. The lowest BCUT2D eigenvalue weighted by molar-refractivity contribution is -0.119. The lowest BCUT2D eigenvalue weighted by Crippen LogP contribution is -2.36. The van der Waals surface area contributed by atoms with Crippen LogP contribution >= 0.6 is 0 Å². The number of aliphatic imine (C=N–C) groups is 1. The second-order valence-electron chi connectivity index (χ2n) is 9.48. The summed E-state index contributed by atoms with van der Waals surface area (Å²) in [5, 5.41) is 12.5. The molecule has 1 N–H and O–H groups in total. The van der Waals surface area contributed by atoms with E-state index in [-0.39, 0.29) is 24.1 Å². The summed E-state index contributed by atoms with van der Waals surface area (Å²) >= 11 is 0. The quantitative estimate of drug-likeness (QED) is 0.356. The van der Waals surface area contributed by atoms with Crippen molar-refractivity contribution in [1.29, 1.82) is 0 Å². The van der Waals surface area contributed by atoms with E-state index in [4.69, 9.17) is 18.6 Å². The Bertz CT molecular complexity index is 1680. The molecule has 194 valence electrons. The van der Waals surface area contributed by atoms with Crippen molar-refractivity contribution in [2.45, 2.75) is 12.6 Å². The molecule has 3 aromatic carbocycles. The normalized spacial score (nSPS) is 17.5. The zero-order valence-electron chi connectivity index (χ0n) is 21.0. The minimum absolute atomic E-state index is 0.0918. The smallest absolute Gasteiger partial charge is 0.317 e. The molecule has 0 aliphatic carbocycles. The Morgan fingerprint density at radius 1 is 0.846 bits per heavy atom. The number of carbonyl (C=O) groups is 1. The molecule has 0 unspecified atom stereocenters. The van der Waals surface area contributed by atoms with Crippen LogP contribution < -0.4 is 10.2 Å². The maximum Gasteiger partial charge on any atom is 0.317 e. The van der Waals surface area contributed by atoms with E-state index in [0.717, 1.165) is 52.1 Å². The third-order valence-electron chi connectivity index (χ3n) is 7.02. The molecule has 1 saturated heterocycles. The third kappa shape index (κ3) is 4.36. The number of furan rings is 1. The standard InChI is InChI=1S/C30H25N5O4/c36-23-18-20-10-4-5-11-21(20)25(19-8-2-1-3-9-19)31-28(23)32-30-34-33-29(39-30)27-26(35-14-16-37-17-15-35)22-12-6-7-13-24(22)38-27/h1-13,28H,14-18H2,(H,32,34)/t28-/m1/s1. The van der Waals surface area contributed by atoms with Crippen molar-refractivity contribution in [3.8, 4) is 11.7 Å². The first-order chi connectivity index (χ1) is 19.2. The Kier molecular flexibility index (Phi) is 5.90. The van der Waals surface area contributed by atoms with Crippen LogP contribution in [0.4, 0.5) is 11.7 Å². The van der Waals surface area contributed by atoms with Crippen molar-refractivity contribution < 1.29 is 18.4 Å². The average molecular weight is 520 g/mol. The van der Waals surface area contributed by atoms with Crippen molar-refractivity contribution in [3.05, 3.63) is 95.6 Å². The van der Waals surface area contributed by atoms with Gasteiger partial charge in [0.05, 0.1) is 24.6 Å². The van der Waals surface area contributed by atoms with E-state index in [1.807, 2.05) is 78.9 Å². The van der Waals surface area contributed by atoms with Gasteiger partial charge in [0.15, 0.2) is 11.9 Å². The molecule has 1 fully saturated rings. The number of hydrogen-bond acceptors (Lipinski definition) is 9. The first kappa shape index (κ1) is 23.4. The monoisotopic (exact) mass is 519 g/mol. The van der Waals surface area contributed by atoms with Crippen molar-refractivity contribution in [2.24, 2.45) is 4.99 Å². The highest BCUT2D eigenvalue weighted by Gasteiger charge is 2.29. The van der Waals surface area contributed by atoms with E-state index in [0.29, 0.717) is 19.0 Å². The fourth-order valence-electron chi connectivity index (χ4n) is 5.17. The molecule has 5 aromatic rings. The van der Waals surface area contributed by atoms with Crippen LogP contribution in [0.25, 0.3) is 22.6 Å². The van der Waals surface area contributed by atoms with Crippen LogP contribution in [0.1, 0.15) is 16.7 Å². The molecule has 2 aliphatic rings. The molecule has 7 rings (SSSR count). The molecule has 2 aliphatic heterocycles. The lowest BCUT2D eigenvalue weighted by Gasteiger charge is -2.28. The molecule has 9 nitrogen and oxygen atoms in total. The van der Waals surface area contributed by atoms with Gasteiger partial charge < -0.3 is 23.8 Å². The zero-order valence-corrected chi connectivity index (χ0v) is 21.0. The van der Waals surface area contributed by atoms with Crippen LogP contribution in [0, 0.1) is 0 Å². The van der Waals surface area contributed by atoms with E-state index >= 15 is 0 Å². The molecular formula is C30H25N5O4. The van der Waals surface area contributed by atoms with Crippen LogP contribution in [0.5, 0.6) is 0 Å². The zero-order chi connectivity index (χ0) is 26.2. The van der Waals surface area contributed by atoms with Crippen molar-refractivity contribution >= 4 is 34.2 Å². The van der Waals surface area contributed by atoms with Gasteiger partial charge in [-0.15, -0.1) is 5.10 Å². The molecule has 0 saturated carbocycles. The number of rotatable bonds is 5. The maximum absolute atomic E-state index is 13.3. The number of para-hydroxylation sites is 1. The van der Waals surface area contributed by atoms with Gasteiger partial charge in [-0.05, 0) is 17.7 Å². The van der Waals surface area contributed by atoms with Crippen molar-refractivity contribution in [1.82, 2.24) is 10.2 Å². The van der Waals surface area contributed by atoms with Gasteiger partial charge in [0.2, 0.25) is 5.76 Å². The number of morpholine rings is 1. The molecule has 2 aromatic heterocycles.